The van der Waals surface area contributed by atoms with Gasteiger partial charge in [-0.15, -0.1) is 11.3 Å². The van der Waals surface area contributed by atoms with E-state index in [1.165, 1.54) is 4.88 Å². The standard InChI is InChI=1S/C13H17NO3S2/c1-2-19(16,17)10-7-13(15)14-8-3-5-11(14)12-6-4-9-18-12/h2,4,6,9,11H,1,3,5,7-8,10H2. The summed E-state index contributed by atoms with van der Waals surface area (Å²) in [5.41, 5.74) is 0. The van der Waals surface area contributed by atoms with Crippen LogP contribution >= 0.6 is 11.3 Å². The van der Waals surface area contributed by atoms with Gasteiger partial charge in [-0.05, 0) is 24.3 Å². The van der Waals surface area contributed by atoms with E-state index in [4.69, 9.17) is 0 Å². The molecule has 1 aromatic rings. The van der Waals surface area contributed by atoms with Crippen molar-refractivity contribution in [3.05, 3.63) is 34.4 Å². The fourth-order valence-corrected chi connectivity index (χ4v) is 3.80. The zero-order chi connectivity index (χ0) is 13.9. The molecule has 2 heterocycles. The lowest BCUT2D eigenvalue weighted by Crippen LogP contribution is -2.31. The lowest BCUT2D eigenvalue weighted by molar-refractivity contribution is -0.131. The van der Waals surface area contributed by atoms with Crippen LogP contribution < -0.4 is 0 Å². The average molecular weight is 299 g/mol. The van der Waals surface area contributed by atoms with Gasteiger partial charge in [-0.3, -0.25) is 4.79 Å². The molecule has 1 aromatic heterocycles. The first-order valence-electron chi connectivity index (χ1n) is 6.21. The zero-order valence-electron chi connectivity index (χ0n) is 10.6. The van der Waals surface area contributed by atoms with E-state index in [2.05, 4.69) is 6.58 Å². The van der Waals surface area contributed by atoms with Crippen molar-refractivity contribution >= 4 is 27.1 Å². The molecule has 0 saturated carbocycles. The Morgan fingerprint density at radius 2 is 2.37 bits per heavy atom. The number of carbonyl (C=O) groups is 1. The van der Waals surface area contributed by atoms with Crippen molar-refractivity contribution in [1.82, 2.24) is 4.90 Å². The number of carbonyl (C=O) groups excluding carboxylic acids is 1. The number of nitrogens with zero attached hydrogens (tertiary/aromatic N) is 1. The summed E-state index contributed by atoms with van der Waals surface area (Å²) >= 11 is 1.64. The number of rotatable bonds is 5. The topological polar surface area (TPSA) is 54.5 Å². The maximum absolute atomic E-state index is 12.1. The van der Waals surface area contributed by atoms with Crippen LogP contribution in [-0.4, -0.2) is 31.5 Å². The zero-order valence-corrected chi connectivity index (χ0v) is 12.3. The molecule has 0 spiro atoms. The van der Waals surface area contributed by atoms with E-state index in [0.717, 1.165) is 24.8 Å². The SMILES string of the molecule is C=CS(=O)(=O)CCC(=O)N1CCCC1c1cccs1. The number of sulfone groups is 1. The lowest BCUT2D eigenvalue weighted by Gasteiger charge is -2.23. The van der Waals surface area contributed by atoms with Crippen LogP contribution in [0.5, 0.6) is 0 Å². The first kappa shape index (κ1) is 14.3. The van der Waals surface area contributed by atoms with E-state index >= 15 is 0 Å². The first-order chi connectivity index (χ1) is 9.03. The van der Waals surface area contributed by atoms with Gasteiger partial charge in [-0.1, -0.05) is 12.6 Å². The second-order valence-corrected chi connectivity index (χ2v) is 7.59. The molecule has 0 aromatic carbocycles. The van der Waals surface area contributed by atoms with Crippen LogP contribution in [0.4, 0.5) is 0 Å². The molecule has 1 fully saturated rings. The Hall–Kier alpha value is -1.14. The third-order valence-electron chi connectivity index (χ3n) is 3.30. The largest absolute Gasteiger partial charge is 0.335 e. The molecule has 4 nitrogen and oxygen atoms in total. The van der Waals surface area contributed by atoms with Crippen LogP contribution in [0.1, 0.15) is 30.2 Å². The summed E-state index contributed by atoms with van der Waals surface area (Å²) in [5.74, 6) is -0.232. The lowest BCUT2D eigenvalue weighted by atomic mass is 10.2. The Morgan fingerprint density at radius 1 is 1.58 bits per heavy atom. The van der Waals surface area contributed by atoms with Crippen molar-refractivity contribution < 1.29 is 13.2 Å². The Kier molecular flexibility index (Phi) is 4.42. The molecule has 1 saturated heterocycles. The summed E-state index contributed by atoms with van der Waals surface area (Å²) in [4.78, 5) is 15.1. The highest BCUT2D eigenvalue weighted by Gasteiger charge is 2.30. The number of hydrogen-bond donors (Lipinski definition) is 0. The molecule has 0 aliphatic carbocycles. The van der Waals surface area contributed by atoms with Crippen LogP contribution in [0.25, 0.3) is 0 Å². The fraction of sp³-hybridized carbons (Fsp3) is 0.462. The smallest absolute Gasteiger partial charge is 0.224 e. The van der Waals surface area contributed by atoms with Crippen molar-refractivity contribution in [2.45, 2.75) is 25.3 Å². The monoisotopic (exact) mass is 299 g/mol. The molecule has 1 unspecified atom stereocenters. The van der Waals surface area contributed by atoms with Gasteiger partial charge >= 0.3 is 0 Å². The Morgan fingerprint density at radius 3 is 3.00 bits per heavy atom. The van der Waals surface area contributed by atoms with E-state index in [1.807, 2.05) is 22.4 Å². The predicted octanol–water partition coefficient (Wildman–Crippen LogP) is 2.36. The minimum atomic E-state index is -3.30. The quantitative estimate of drug-likeness (QED) is 0.838. The molecule has 0 N–H and O–H groups in total. The molecular formula is C13H17NO3S2. The molecule has 0 bridgehead atoms. The van der Waals surface area contributed by atoms with Gasteiger partial charge in [-0.2, -0.15) is 0 Å². The van der Waals surface area contributed by atoms with E-state index < -0.39 is 9.84 Å². The summed E-state index contributed by atoms with van der Waals surface area (Å²) in [6.45, 7) is 3.97. The van der Waals surface area contributed by atoms with Gasteiger partial charge in [0.05, 0.1) is 11.8 Å². The van der Waals surface area contributed by atoms with Crippen molar-refractivity contribution in [2.24, 2.45) is 0 Å². The van der Waals surface area contributed by atoms with Crippen LogP contribution in [0.3, 0.4) is 0 Å². The van der Waals surface area contributed by atoms with Gasteiger partial charge in [0.25, 0.3) is 0 Å². The van der Waals surface area contributed by atoms with Gasteiger partial charge in [-0.25, -0.2) is 8.42 Å². The van der Waals surface area contributed by atoms with E-state index in [1.54, 1.807) is 11.3 Å². The maximum atomic E-state index is 12.1. The average Bonchev–Trinajstić information content (AvgIpc) is 3.05. The highest BCUT2D eigenvalue weighted by atomic mass is 32.2. The van der Waals surface area contributed by atoms with Crippen LogP contribution in [0.15, 0.2) is 29.5 Å². The van der Waals surface area contributed by atoms with Crippen molar-refractivity contribution in [3.8, 4) is 0 Å². The van der Waals surface area contributed by atoms with Gasteiger partial charge in [0.1, 0.15) is 0 Å². The molecule has 19 heavy (non-hydrogen) atoms. The molecule has 2 rings (SSSR count). The molecule has 1 aliphatic rings. The molecule has 1 atom stereocenters. The summed E-state index contributed by atoms with van der Waals surface area (Å²) < 4.78 is 22.7. The van der Waals surface area contributed by atoms with E-state index in [9.17, 15) is 13.2 Å². The van der Waals surface area contributed by atoms with Crippen LogP contribution in [-0.2, 0) is 14.6 Å². The highest BCUT2D eigenvalue weighted by Crippen LogP contribution is 2.34. The summed E-state index contributed by atoms with van der Waals surface area (Å²) in [6.07, 6.45) is 1.97. The summed E-state index contributed by atoms with van der Waals surface area (Å²) in [5, 5.41) is 2.92. The number of likely N-dealkylation sites (tertiary alicyclic amines) is 1. The normalized spacial score (nSPS) is 19.6. The number of amides is 1. The molecule has 0 radical (unpaired) electrons. The second kappa shape index (κ2) is 5.88. The van der Waals surface area contributed by atoms with Crippen molar-refractivity contribution in [1.29, 1.82) is 0 Å². The van der Waals surface area contributed by atoms with Gasteiger partial charge in [0, 0.05) is 23.3 Å². The minimum Gasteiger partial charge on any atom is -0.335 e. The molecule has 6 heteroatoms. The van der Waals surface area contributed by atoms with Gasteiger partial charge in [0.2, 0.25) is 5.91 Å². The van der Waals surface area contributed by atoms with Crippen molar-refractivity contribution in [3.63, 3.8) is 0 Å². The number of thiophene rings is 1. The molecule has 1 amide bonds. The second-order valence-electron chi connectivity index (χ2n) is 4.54. The molecule has 104 valence electrons. The highest BCUT2D eigenvalue weighted by molar-refractivity contribution is 7.94. The first-order valence-corrected chi connectivity index (χ1v) is 8.81. The Bertz CT molecular complexity index is 548. The van der Waals surface area contributed by atoms with E-state index in [-0.39, 0.29) is 24.1 Å². The van der Waals surface area contributed by atoms with Crippen LogP contribution in [0.2, 0.25) is 0 Å². The number of hydrogen-bond acceptors (Lipinski definition) is 4. The Labute approximate surface area is 117 Å². The maximum Gasteiger partial charge on any atom is 0.224 e. The van der Waals surface area contributed by atoms with Crippen LogP contribution in [0, 0.1) is 0 Å². The predicted molar refractivity (Wildman–Crippen MR) is 76.6 cm³/mol. The summed E-state index contributed by atoms with van der Waals surface area (Å²) in [6, 6.07) is 4.13. The fourth-order valence-electron chi connectivity index (χ4n) is 2.30. The minimum absolute atomic E-state index is 0.0379. The molecule has 1 aliphatic heterocycles. The Balaban J connectivity index is 2.01. The van der Waals surface area contributed by atoms with Crippen molar-refractivity contribution in [2.75, 3.05) is 12.3 Å². The molecular weight excluding hydrogens is 282 g/mol. The van der Waals surface area contributed by atoms with Gasteiger partial charge in [0.15, 0.2) is 9.84 Å². The van der Waals surface area contributed by atoms with E-state index in [0.29, 0.717) is 0 Å². The van der Waals surface area contributed by atoms with Gasteiger partial charge < -0.3 is 4.90 Å². The third kappa shape index (κ3) is 3.45. The third-order valence-corrected chi connectivity index (χ3v) is 5.55. The summed E-state index contributed by atoms with van der Waals surface area (Å²) in [7, 11) is -3.30.